The van der Waals surface area contributed by atoms with Gasteiger partial charge in [-0.25, -0.2) is 0 Å². The number of rotatable bonds is 4. The van der Waals surface area contributed by atoms with Gasteiger partial charge in [-0.3, -0.25) is 0 Å². The van der Waals surface area contributed by atoms with E-state index in [0.717, 1.165) is 60.0 Å². The summed E-state index contributed by atoms with van der Waals surface area (Å²) in [6.07, 6.45) is 6.29. The summed E-state index contributed by atoms with van der Waals surface area (Å²) < 4.78 is 9.56. The summed E-state index contributed by atoms with van der Waals surface area (Å²) in [5.41, 5.74) is 4.82. The minimum Gasteiger partial charge on any atom is -0.497 e. The van der Waals surface area contributed by atoms with Crippen LogP contribution in [0, 0.1) is 25.2 Å². The monoisotopic (exact) mass is 387 g/mol. The fourth-order valence-electron chi connectivity index (χ4n) is 4.05. The maximum absolute atomic E-state index is 9.85. The van der Waals surface area contributed by atoms with Gasteiger partial charge in [0.25, 0.3) is 0 Å². The van der Waals surface area contributed by atoms with Gasteiger partial charge in [0.05, 0.1) is 12.7 Å². The third kappa shape index (κ3) is 3.56. The van der Waals surface area contributed by atoms with Gasteiger partial charge < -0.3 is 13.9 Å². The van der Waals surface area contributed by atoms with Crippen molar-refractivity contribution in [2.24, 2.45) is 0 Å². The number of fused-ring (bicyclic) bond motifs is 1. The zero-order valence-corrected chi connectivity index (χ0v) is 17.1. The molecule has 1 aromatic carbocycles. The van der Waals surface area contributed by atoms with Gasteiger partial charge >= 0.3 is 0 Å². The van der Waals surface area contributed by atoms with Crippen LogP contribution in [0.4, 0.5) is 0 Å². The summed E-state index contributed by atoms with van der Waals surface area (Å²) >= 11 is 0. The molecule has 148 valence electrons. The van der Waals surface area contributed by atoms with E-state index in [-0.39, 0.29) is 0 Å². The lowest BCUT2D eigenvalue weighted by atomic mass is 10.1. The molecule has 1 aliphatic heterocycles. The van der Waals surface area contributed by atoms with Gasteiger partial charge in [-0.2, -0.15) is 5.26 Å². The molecule has 6 heteroatoms. The Balaban J connectivity index is 1.74. The third-order valence-electron chi connectivity index (χ3n) is 5.57. The van der Waals surface area contributed by atoms with E-state index < -0.39 is 0 Å². The number of methoxy groups -OCH3 is 1. The van der Waals surface area contributed by atoms with Crippen molar-refractivity contribution in [1.29, 1.82) is 5.26 Å². The summed E-state index contributed by atoms with van der Waals surface area (Å²) in [5.74, 6) is 2.50. The predicted octanol–water partition coefficient (Wildman–Crippen LogP) is 4.48. The fourth-order valence-corrected chi connectivity index (χ4v) is 4.05. The number of aromatic nitrogens is 4. The first-order chi connectivity index (χ1) is 14.1. The van der Waals surface area contributed by atoms with Crippen LogP contribution in [0.1, 0.15) is 47.9 Å². The second kappa shape index (κ2) is 7.96. The van der Waals surface area contributed by atoms with Crippen LogP contribution in [-0.2, 0) is 13.0 Å². The number of allylic oxidation sites excluding steroid dienone is 1. The predicted molar refractivity (Wildman–Crippen MR) is 113 cm³/mol. The summed E-state index contributed by atoms with van der Waals surface area (Å²) in [7, 11) is 1.67. The van der Waals surface area contributed by atoms with Crippen molar-refractivity contribution in [3.8, 4) is 17.5 Å². The highest BCUT2D eigenvalue weighted by atomic mass is 16.5. The van der Waals surface area contributed by atoms with Crippen LogP contribution in [0.3, 0.4) is 0 Å². The SMILES string of the molecule is COc1ccc(-n2c(C)cc(/C=C(\C#N)c3nnc4n3CCCCC4)c2C)cc1. The van der Waals surface area contributed by atoms with E-state index >= 15 is 0 Å². The highest BCUT2D eigenvalue weighted by Crippen LogP contribution is 2.27. The Labute approximate surface area is 171 Å². The first-order valence-corrected chi connectivity index (χ1v) is 10.00. The summed E-state index contributed by atoms with van der Waals surface area (Å²) in [5, 5.41) is 18.5. The van der Waals surface area contributed by atoms with Gasteiger partial charge in [0.15, 0.2) is 5.82 Å². The molecular weight excluding hydrogens is 362 g/mol. The molecular formula is C23H25N5O. The number of nitriles is 1. The fraction of sp³-hybridized carbons (Fsp3) is 0.348. The van der Waals surface area contributed by atoms with Crippen LogP contribution < -0.4 is 4.74 Å². The molecule has 0 N–H and O–H groups in total. The van der Waals surface area contributed by atoms with Crippen molar-refractivity contribution in [2.75, 3.05) is 7.11 Å². The lowest BCUT2D eigenvalue weighted by molar-refractivity contribution is 0.414. The standard InChI is InChI=1S/C23H25N5O/c1-16-13-18(17(2)28(16)20-8-10-21(29-3)11-9-20)14-19(15-24)23-26-25-22-7-5-4-6-12-27(22)23/h8-11,13-14H,4-7,12H2,1-3H3/b19-14+. The summed E-state index contributed by atoms with van der Waals surface area (Å²) in [4.78, 5) is 0. The van der Waals surface area contributed by atoms with Crippen LogP contribution in [-0.4, -0.2) is 26.4 Å². The molecule has 4 rings (SSSR count). The highest BCUT2D eigenvalue weighted by Gasteiger charge is 2.19. The molecule has 3 heterocycles. The van der Waals surface area contributed by atoms with E-state index in [2.05, 4.69) is 45.3 Å². The molecule has 1 aliphatic rings. The quantitative estimate of drug-likeness (QED) is 0.619. The van der Waals surface area contributed by atoms with Crippen molar-refractivity contribution in [2.45, 2.75) is 46.1 Å². The molecule has 0 saturated carbocycles. The van der Waals surface area contributed by atoms with E-state index in [9.17, 15) is 5.26 Å². The molecule has 0 atom stereocenters. The molecule has 0 amide bonds. The zero-order valence-electron chi connectivity index (χ0n) is 17.1. The van der Waals surface area contributed by atoms with Crippen molar-refractivity contribution in [3.63, 3.8) is 0 Å². The van der Waals surface area contributed by atoms with Crippen molar-refractivity contribution >= 4 is 11.6 Å². The van der Waals surface area contributed by atoms with Crippen LogP contribution in [0.15, 0.2) is 30.3 Å². The van der Waals surface area contributed by atoms with Gasteiger partial charge in [-0.15, -0.1) is 10.2 Å². The Bertz CT molecular complexity index is 1100. The molecule has 6 nitrogen and oxygen atoms in total. The summed E-state index contributed by atoms with van der Waals surface area (Å²) in [6.45, 7) is 5.02. The molecule has 0 aliphatic carbocycles. The van der Waals surface area contributed by atoms with Gasteiger partial charge in [0.1, 0.15) is 17.6 Å². The number of nitrogens with zero attached hydrogens (tertiary/aromatic N) is 5. The zero-order chi connectivity index (χ0) is 20.4. The topological polar surface area (TPSA) is 68.7 Å². The maximum Gasteiger partial charge on any atom is 0.174 e. The second-order valence-electron chi connectivity index (χ2n) is 7.43. The average molecular weight is 387 g/mol. The van der Waals surface area contributed by atoms with Gasteiger partial charge in [0, 0.05) is 30.0 Å². The van der Waals surface area contributed by atoms with Crippen molar-refractivity contribution in [3.05, 3.63) is 58.9 Å². The number of aryl methyl sites for hydroxylation is 2. The molecule has 0 radical (unpaired) electrons. The molecule has 0 spiro atoms. The minimum absolute atomic E-state index is 0.556. The van der Waals surface area contributed by atoms with Crippen LogP contribution in [0.25, 0.3) is 17.3 Å². The lowest BCUT2D eigenvalue weighted by Gasteiger charge is -2.10. The Morgan fingerprint density at radius 2 is 1.93 bits per heavy atom. The largest absolute Gasteiger partial charge is 0.497 e. The Hall–Kier alpha value is -3.33. The van der Waals surface area contributed by atoms with Gasteiger partial charge in [-0.1, -0.05) is 6.42 Å². The molecule has 0 unspecified atom stereocenters. The smallest absolute Gasteiger partial charge is 0.174 e. The third-order valence-corrected chi connectivity index (χ3v) is 5.57. The highest BCUT2D eigenvalue weighted by molar-refractivity contribution is 5.88. The number of ether oxygens (including phenoxy) is 1. The summed E-state index contributed by atoms with van der Waals surface area (Å²) in [6, 6.07) is 12.4. The van der Waals surface area contributed by atoms with E-state index in [0.29, 0.717) is 11.4 Å². The van der Waals surface area contributed by atoms with Gasteiger partial charge in [0.2, 0.25) is 0 Å². The average Bonchev–Trinajstić information content (AvgIpc) is 3.15. The lowest BCUT2D eigenvalue weighted by Crippen LogP contribution is -2.05. The van der Waals surface area contributed by atoms with E-state index in [1.807, 2.05) is 30.3 Å². The van der Waals surface area contributed by atoms with E-state index in [4.69, 9.17) is 4.74 Å². The Morgan fingerprint density at radius 3 is 2.66 bits per heavy atom. The first kappa shape index (κ1) is 19.0. The Kier molecular flexibility index (Phi) is 5.22. The van der Waals surface area contributed by atoms with E-state index in [1.165, 1.54) is 6.42 Å². The second-order valence-corrected chi connectivity index (χ2v) is 7.43. The molecule has 29 heavy (non-hydrogen) atoms. The molecule has 0 fully saturated rings. The Morgan fingerprint density at radius 1 is 1.14 bits per heavy atom. The van der Waals surface area contributed by atoms with Crippen molar-refractivity contribution < 1.29 is 4.74 Å². The maximum atomic E-state index is 9.85. The number of hydrogen-bond acceptors (Lipinski definition) is 4. The van der Waals surface area contributed by atoms with Crippen LogP contribution in [0.2, 0.25) is 0 Å². The molecule has 2 aromatic heterocycles. The van der Waals surface area contributed by atoms with Crippen molar-refractivity contribution in [1.82, 2.24) is 19.3 Å². The normalized spacial score (nSPS) is 14.2. The number of hydrogen-bond donors (Lipinski definition) is 0. The first-order valence-electron chi connectivity index (χ1n) is 10.00. The van der Waals surface area contributed by atoms with E-state index in [1.54, 1.807) is 7.11 Å². The molecule has 3 aromatic rings. The van der Waals surface area contributed by atoms with Gasteiger partial charge in [-0.05, 0) is 68.7 Å². The molecule has 0 saturated heterocycles. The number of benzene rings is 1. The molecule has 0 bridgehead atoms. The van der Waals surface area contributed by atoms with Crippen LogP contribution in [0.5, 0.6) is 5.75 Å². The minimum atomic E-state index is 0.556. The van der Waals surface area contributed by atoms with Crippen LogP contribution >= 0.6 is 0 Å².